The second-order valence-corrected chi connectivity index (χ2v) is 27.6. The van der Waals surface area contributed by atoms with Gasteiger partial charge in [0.1, 0.15) is 13.2 Å². The van der Waals surface area contributed by atoms with Gasteiger partial charge < -0.3 is 33.3 Å². The lowest BCUT2D eigenvalue weighted by Crippen LogP contribution is -2.44. The minimum atomic E-state index is -1.63. The predicted octanol–water partition coefficient (Wildman–Crippen LogP) is 24.1. The Morgan fingerprint density at radius 2 is 0.568 bits per heavy atom. The van der Waals surface area contributed by atoms with Gasteiger partial charge in [-0.25, -0.2) is 0 Å². The minimum absolute atomic E-state index is 0.146. The Hall–Kier alpha value is -4.31. The Morgan fingerprint density at radius 3 is 0.842 bits per heavy atom. The number of carboxylic acid groups (broad SMARTS) is 1. The summed E-state index contributed by atoms with van der Waals surface area (Å²) in [6.45, 7) is 4.56. The fourth-order valence-electron chi connectivity index (χ4n) is 11.2. The first-order valence-electron chi connectivity index (χ1n) is 39.7. The molecular weight excluding hydrogens is 1170 g/mol. The van der Waals surface area contributed by atoms with Crippen molar-refractivity contribution in [2.45, 2.75) is 360 Å². The molecule has 0 fully saturated rings. The number of carbonyl (C=O) groups is 3. The molecule has 2 unspecified atom stereocenters. The van der Waals surface area contributed by atoms with Gasteiger partial charge in [0, 0.05) is 12.8 Å². The summed E-state index contributed by atoms with van der Waals surface area (Å²) in [5, 5.41) is 11.9. The number of ether oxygens (including phenoxy) is 4. The smallest absolute Gasteiger partial charge is 0.306 e. The number of carbonyl (C=O) groups excluding carboxylic acids is 3. The summed E-state index contributed by atoms with van der Waals surface area (Å²) in [4.78, 5) is 37.6. The van der Waals surface area contributed by atoms with Crippen molar-refractivity contribution in [1.82, 2.24) is 0 Å². The van der Waals surface area contributed by atoms with Crippen molar-refractivity contribution in [3.05, 3.63) is 122 Å². The molecule has 0 saturated carbocycles. The Labute approximate surface area is 587 Å². The highest BCUT2D eigenvalue weighted by molar-refractivity contribution is 5.70. The van der Waals surface area contributed by atoms with Crippen LogP contribution in [-0.2, 0) is 33.3 Å². The van der Waals surface area contributed by atoms with E-state index in [0.717, 1.165) is 96.3 Å². The van der Waals surface area contributed by atoms with Crippen LogP contribution in [0.4, 0.5) is 0 Å². The Morgan fingerprint density at radius 1 is 0.316 bits per heavy atom. The fourth-order valence-corrected chi connectivity index (χ4v) is 11.2. The van der Waals surface area contributed by atoms with E-state index >= 15 is 0 Å². The molecule has 0 aromatic carbocycles. The molecule has 0 saturated heterocycles. The van der Waals surface area contributed by atoms with E-state index in [1.165, 1.54) is 218 Å². The van der Waals surface area contributed by atoms with Crippen LogP contribution in [0.25, 0.3) is 0 Å². The van der Waals surface area contributed by atoms with Crippen molar-refractivity contribution in [2.24, 2.45) is 0 Å². The summed E-state index contributed by atoms with van der Waals surface area (Å²) < 4.78 is 22.9. The number of aliphatic carboxylic acids is 1. The van der Waals surface area contributed by atoms with E-state index in [0.29, 0.717) is 17.4 Å². The molecule has 0 aliphatic heterocycles. The number of allylic oxidation sites excluding steroid dienone is 20. The van der Waals surface area contributed by atoms with Crippen LogP contribution in [-0.4, -0.2) is 82.3 Å². The summed E-state index contributed by atoms with van der Waals surface area (Å²) in [5.74, 6) is -2.27. The van der Waals surface area contributed by atoms with Crippen LogP contribution in [0, 0.1) is 0 Å². The monoisotopic (exact) mass is 1320 g/mol. The lowest BCUT2D eigenvalue weighted by molar-refractivity contribution is -0.870. The van der Waals surface area contributed by atoms with Gasteiger partial charge in [-0.1, -0.05) is 354 Å². The number of rotatable bonds is 73. The standard InChI is InChI=1S/C86H149NO8/c1-6-8-10-12-14-16-18-20-22-24-26-28-30-32-34-36-37-38-39-40-41-42-43-44-45-46-47-49-51-53-55-57-59-61-63-65-67-69-71-73-75-77-84(89)95-82(81-94-86(85(90)91)92-79-78-87(3,4)5)80-93-83(88)76-74-72-70-68-66-64-62-60-58-56-54-52-50-48-35-33-31-29-27-25-23-21-19-17-15-13-11-9-7-2/h8-11,14-17,20-23,26-29,32-35,82,86H,6-7,12-13,18-19,24-25,30-31,36-81H2,1-5H3/b10-8-,11-9-,16-14-,17-15-,22-20-,23-21-,28-26-,29-27-,34-32-,35-33-. The molecule has 0 heterocycles. The molecule has 0 amide bonds. The second kappa shape index (κ2) is 75.5. The van der Waals surface area contributed by atoms with Gasteiger partial charge in [-0.15, -0.1) is 0 Å². The topological polar surface area (TPSA) is 111 Å². The summed E-state index contributed by atoms with van der Waals surface area (Å²) in [6, 6.07) is 0. The molecule has 0 aromatic rings. The van der Waals surface area contributed by atoms with Gasteiger partial charge in [0.25, 0.3) is 0 Å². The van der Waals surface area contributed by atoms with Crippen molar-refractivity contribution in [2.75, 3.05) is 47.5 Å². The maximum absolute atomic E-state index is 13.0. The first kappa shape index (κ1) is 90.7. The number of carboxylic acids is 1. The molecule has 0 spiro atoms. The molecule has 0 aliphatic rings. The number of hydrogen-bond acceptors (Lipinski definition) is 8. The first-order chi connectivity index (χ1) is 46.6. The van der Waals surface area contributed by atoms with E-state index in [4.69, 9.17) is 18.9 Å². The summed E-state index contributed by atoms with van der Waals surface area (Å²) >= 11 is 0. The minimum Gasteiger partial charge on any atom is -0.545 e. The number of unbranched alkanes of at least 4 members (excludes halogenated alkanes) is 38. The van der Waals surface area contributed by atoms with Crippen LogP contribution < -0.4 is 5.11 Å². The number of likely N-dealkylation sites (N-methyl/N-ethyl adjacent to an activating group) is 1. The van der Waals surface area contributed by atoms with Crippen molar-refractivity contribution in [3.8, 4) is 0 Å². The molecule has 0 N–H and O–H groups in total. The zero-order valence-corrected chi connectivity index (χ0v) is 62.5. The Bertz CT molecular complexity index is 1980. The summed E-state index contributed by atoms with van der Waals surface area (Å²) in [6.07, 6.45) is 105. The largest absolute Gasteiger partial charge is 0.545 e. The van der Waals surface area contributed by atoms with E-state index in [9.17, 15) is 19.5 Å². The van der Waals surface area contributed by atoms with Crippen LogP contribution in [0.1, 0.15) is 348 Å². The molecule has 0 rings (SSSR count). The first-order valence-corrected chi connectivity index (χ1v) is 39.7. The molecule has 0 bridgehead atoms. The number of esters is 2. The van der Waals surface area contributed by atoms with Crippen LogP contribution in [0.5, 0.6) is 0 Å². The molecule has 0 radical (unpaired) electrons. The van der Waals surface area contributed by atoms with Crippen molar-refractivity contribution in [3.63, 3.8) is 0 Å². The van der Waals surface area contributed by atoms with Gasteiger partial charge in [-0.2, -0.15) is 0 Å². The average molecular weight is 1330 g/mol. The summed E-state index contributed by atoms with van der Waals surface area (Å²) in [5.41, 5.74) is 0. The van der Waals surface area contributed by atoms with Crippen LogP contribution >= 0.6 is 0 Å². The molecular formula is C86H149NO8. The molecule has 9 nitrogen and oxygen atoms in total. The highest BCUT2D eigenvalue weighted by Crippen LogP contribution is 2.19. The molecule has 95 heavy (non-hydrogen) atoms. The van der Waals surface area contributed by atoms with Crippen LogP contribution in [0.3, 0.4) is 0 Å². The van der Waals surface area contributed by atoms with Gasteiger partial charge in [0.2, 0.25) is 0 Å². The Balaban J connectivity index is 3.99. The number of nitrogens with zero attached hydrogens (tertiary/aromatic N) is 1. The molecule has 2 atom stereocenters. The van der Waals surface area contributed by atoms with Gasteiger partial charge in [0.15, 0.2) is 12.4 Å². The average Bonchev–Trinajstić information content (AvgIpc) is 3.54. The third kappa shape index (κ3) is 76.9. The van der Waals surface area contributed by atoms with Crippen molar-refractivity contribution in [1.29, 1.82) is 0 Å². The van der Waals surface area contributed by atoms with E-state index in [2.05, 4.69) is 135 Å². The maximum atomic E-state index is 13.0. The molecule has 9 heteroatoms. The Kier molecular flexibility index (Phi) is 72.0. The highest BCUT2D eigenvalue weighted by Gasteiger charge is 2.22. The second-order valence-electron chi connectivity index (χ2n) is 27.6. The predicted molar refractivity (Wildman–Crippen MR) is 407 cm³/mol. The van der Waals surface area contributed by atoms with E-state index in [-0.39, 0.29) is 38.6 Å². The SMILES string of the molecule is CC/C=C\C/C=C\C/C=C\C/C=C\C/C=C\CCCCCCCCCCCCCCCCCCCCCCCCCCCC(=O)OC(COC(=O)CCCCCCCCCCCCCCC/C=C\C/C=C\C/C=C\C/C=C\C/C=C\CC)COC(OCC[N+](C)(C)C)C(=O)[O-]. The zero-order valence-electron chi connectivity index (χ0n) is 62.5. The molecule has 0 aromatic heterocycles. The molecule has 546 valence electrons. The molecule has 0 aliphatic carbocycles. The summed E-state index contributed by atoms with van der Waals surface area (Å²) in [7, 11) is 5.94. The lowest BCUT2D eigenvalue weighted by Gasteiger charge is -2.26. The van der Waals surface area contributed by atoms with Crippen molar-refractivity contribution < 1.29 is 42.9 Å². The van der Waals surface area contributed by atoms with Gasteiger partial charge in [-0.05, 0) is 103 Å². The highest BCUT2D eigenvalue weighted by atomic mass is 16.7. The quantitative estimate of drug-likeness (QED) is 0.0195. The fraction of sp³-hybridized carbons (Fsp3) is 0.733. The van der Waals surface area contributed by atoms with Gasteiger partial charge in [0.05, 0.1) is 40.3 Å². The van der Waals surface area contributed by atoms with Gasteiger partial charge >= 0.3 is 11.9 Å². The van der Waals surface area contributed by atoms with Crippen molar-refractivity contribution >= 4 is 17.9 Å². The third-order valence-electron chi connectivity index (χ3n) is 17.2. The lowest BCUT2D eigenvalue weighted by atomic mass is 10.0. The normalized spacial score (nSPS) is 13.3. The maximum Gasteiger partial charge on any atom is 0.306 e. The third-order valence-corrected chi connectivity index (χ3v) is 17.2. The number of quaternary nitrogens is 1. The van der Waals surface area contributed by atoms with Crippen LogP contribution in [0.2, 0.25) is 0 Å². The van der Waals surface area contributed by atoms with E-state index < -0.39 is 24.3 Å². The van der Waals surface area contributed by atoms with Gasteiger partial charge in [-0.3, -0.25) is 9.59 Å². The van der Waals surface area contributed by atoms with E-state index in [1.54, 1.807) is 0 Å². The van der Waals surface area contributed by atoms with Crippen LogP contribution in [0.15, 0.2) is 122 Å². The van der Waals surface area contributed by atoms with E-state index in [1.807, 2.05) is 21.1 Å². The number of hydrogen-bond donors (Lipinski definition) is 0. The zero-order chi connectivity index (χ0) is 69.0.